The van der Waals surface area contributed by atoms with Gasteiger partial charge in [0.05, 0.1) is 6.42 Å². The molecule has 0 aliphatic rings. The number of hydrogen-bond acceptors (Lipinski definition) is 4. The molecule has 0 heterocycles. The molecule has 0 saturated carbocycles. The van der Waals surface area contributed by atoms with Crippen LogP contribution < -0.4 is 5.32 Å². The molecule has 0 bridgehead atoms. The Bertz CT molecular complexity index is 677. The molecule has 0 aromatic heterocycles. The molecule has 1 amide bonds. The van der Waals surface area contributed by atoms with Crippen molar-refractivity contribution in [2.24, 2.45) is 0 Å². The van der Waals surface area contributed by atoms with Crippen molar-refractivity contribution < 1.29 is 18.7 Å². The van der Waals surface area contributed by atoms with E-state index >= 15 is 0 Å². The lowest BCUT2D eigenvalue weighted by atomic mass is 10.1. The molecular weight excluding hydrogens is 341 g/mol. The number of carbonyl (C=O) groups is 2. The first-order valence-corrected chi connectivity index (χ1v) is 8.96. The summed E-state index contributed by atoms with van der Waals surface area (Å²) in [5.41, 5.74) is 1.14. The van der Waals surface area contributed by atoms with Crippen LogP contribution in [0.4, 0.5) is 4.39 Å². The van der Waals surface area contributed by atoms with Crippen LogP contribution in [-0.2, 0) is 20.7 Å². The fourth-order valence-electron chi connectivity index (χ4n) is 2.04. The minimum absolute atomic E-state index is 0.194. The van der Waals surface area contributed by atoms with Crippen molar-refractivity contribution >= 4 is 23.6 Å². The molecule has 0 saturated heterocycles. The monoisotopic (exact) mass is 361 g/mol. The molecule has 2 rings (SSSR count). The van der Waals surface area contributed by atoms with E-state index in [1.165, 1.54) is 23.9 Å². The van der Waals surface area contributed by atoms with E-state index in [9.17, 15) is 14.0 Å². The fraction of sp³-hybridized carbons (Fsp3) is 0.263. The van der Waals surface area contributed by atoms with Gasteiger partial charge in [-0.1, -0.05) is 30.3 Å². The summed E-state index contributed by atoms with van der Waals surface area (Å²) in [6.45, 7) is 0.232. The van der Waals surface area contributed by atoms with Gasteiger partial charge in [-0.05, 0) is 36.2 Å². The molecule has 25 heavy (non-hydrogen) atoms. The van der Waals surface area contributed by atoms with E-state index in [-0.39, 0.29) is 24.8 Å². The van der Waals surface area contributed by atoms with Crippen molar-refractivity contribution in [3.05, 3.63) is 66.0 Å². The maximum absolute atomic E-state index is 12.8. The number of nitrogens with one attached hydrogen (secondary N) is 1. The zero-order valence-electron chi connectivity index (χ0n) is 13.7. The van der Waals surface area contributed by atoms with Crippen molar-refractivity contribution in [3.8, 4) is 0 Å². The van der Waals surface area contributed by atoms with Gasteiger partial charge in [-0.15, -0.1) is 11.8 Å². The van der Waals surface area contributed by atoms with Gasteiger partial charge in [-0.3, -0.25) is 9.59 Å². The maximum atomic E-state index is 12.8. The SMILES string of the molecule is O=C(COC(=O)CCSc1ccc(F)cc1)NCCc1ccccc1. The average Bonchev–Trinajstić information content (AvgIpc) is 2.62. The second-order valence-corrected chi connectivity index (χ2v) is 6.47. The Labute approximate surface area is 150 Å². The molecule has 0 aliphatic carbocycles. The smallest absolute Gasteiger partial charge is 0.307 e. The number of halogens is 1. The highest BCUT2D eigenvalue weighted by molar-refractivity contribution is 7.99. The molecule has 4 nitrogen and oxygen atoms in total. The van der Waals surface area contributed by atoms with Crippen LogP contribution in [0.2, 0.25) is 0 Å². The van der Waals surface area contributed by atoms with E-state index in [0.29, 0.717) is 12.3 Å². The minimum atomic E-state index is -0.423. The Morgan fingerprint density at radius 2 is 1.76 bits per heavy atom. The molecule has 2 aromatic rings. The Balaban J connectivity index is 1.54. The van der Waals surface area contributed by atoms with Gasteiger partial charge in [0.15, 0.2) is 6.61 Å². The number of amides is 1. The van der Waals surface area contributed by atoms with Gasteiger partial charge in [-0.25, -0.2) is 4.39 Å². The molecule has 1 N–H and O–H groups in total. The molecule has 0 atom stereocenters. The van der Waals surface area contributed by atoms with Crippen LogP contribution in [0.3, 0.4) is 0 Å². The van der Waals surface area contributed by atoms with E-state index in [1.54, 1.807) is 12.1 Å². The van der Waals surface area contributed by atoms with Crippen molar-refractivity contribution in [1.82, 2.24) is 5.32 Å². The van der Waals surface area contributed by atoms with Crippen molar-refractivity contribution in [3.63, 3.8) is 0 Å². The lowest BCUT2D eigenvalue weighted by Gasteiger charge is -2.07. The van der Waals surface area contributed by atoms with Crippen molar-refractivity contribution in [2.75, 3.05) is 18.9 Å². The molecule has 0 radical (unpaired) electrons. The summed E-state index contributed by atoms with van der Waals surface area (Å²) in [7, 11) is 0. The second kappa shape index (κ2) is 10.5. The standard InChI is InChI=1S/C19H20FNO3S/c20-16-6-8-17(9-7-16)25-13-11-19(23)24-14-18(22)21-12-10-15-4-2-1-3-5-15/h1-9H,10-14H2,(H,21,22). The fourth-order valence-corrected chi connectivity index (χ4v) is 2.88. The molecular formula is C19H20FNO3S. The van der Waals surface area contributed by atoms with Gasteiger partial charge in [0.2, 0.25) is 0 Å². The normalized spacial score (nSPS) is 10.3. The summed E-state index contributed by atoms with van der Waals surface area (Å²) >= 11 is 1.44. The van der Waals surface area contributed by atoms with Gasteiger partial charge in [0.25, 0.3) is 5.91 Å². The number of esters is 1. The third kappa shape index (κ3) is 7.85. The summed E-state index contributed by atoms with van der Waals surface area (Å²) < 4.78 is 17.7. The summed E-state index contributed by atoms with van der Waals surface area (Å²) in [4.78, 5) is 24.1. The lowest BCUT2D eigenvalue weighted by Crippen LogP contribution is -2.30. The van der Waals surface area contributed by atoms with E-state index in [0.717, 1.165) is 16.9 Å². The number of thioether (sulfide) groups is 1. The molecule has 2 aromatic carbocycles. The van der Waals surface area contributed by atoms with Crippen LogP contribution in [0.25, 0.3) is 0 Å². The Morgan fingerprint density at radius 1 is 1.04 bits per heavy atom. The van der Waals surface area contributed by atoms with Crippen molar-refractivity contribution in [1.29, 1.82) is 0 Å². The first-order valence-electron chi connectivity index (χ1n) is 7.98. The molecule has 0 fully saturated rings. The highest BCUT2D eigenvalue weighted by Crippen LogP contribution is 2.18. The zero-order valence-corrected chi connectivity index (χ0v) is 14.6. The van der Waals surface area contributed by atoms with Crippen LogP contribution in [0.15, 0.2) is 59.5 Å². The lowest BCUT2D eigenvalue weighted by molar-refractivity contribution is -0.148. The number of carbonyl (C=O) groups excluding carboxylic acids is 2. The van der Waals surface area contributed by atoms with Crippen LogP contribution in [0, 0.1) is 5.82 Å². The Kier molecular flexibility index (Phi) is 7.98. The molecule has 0 spiro atoms. The third-order valence-electron chi connectivity index (χ3n) is 3.33. The first-order chi connectivity index (χ1) is 12.1. The first kappa shape index (κ1) is 19.0. The summed E-state index contributed by atoms with van der Waals surface area (Å²) in [6, 6.07) is 15.9. The molecule has 132 valence electrons. The summed E-state index contributed by atoms with van der Waals surface area (Å²) in [5, 5.41) is 2.72. The highest BCUT2D eigenvalue weighted by Gasteiger charge is 2.07. The Morgan fingerprint density at radius 3 is 2.48 bits per heavy atom. The van der Waals surface area contributed by atoms with Crippen LogP contribution >= 0.6 is 11.8 Å². The van der Waals surface area contributed by atoms with Gasteiger partial charge < -0.3 is 10.1 Å². The molecule has 0 unspecified atom stereocenters. The van der Waals surface area contributed by atoms with Crippen molar-refractivity contribution in [2.45, 2.75) is 17.7 Å². The molecule has 6 heteroatoms. The van der Waals surface area contributed by atoms with E-state index < -0.39 is 5.97 Å². The van der Waals surface area contributed by atoms with Gasteiger partial charge in [0, 0.05) is 17.2 Å². The van der Waals surface area contributed by atoms with Crippen LogP contribution in [-0.4, -0.2) is 30.8 Å². The van der Waals surface area contributed by atoms with Gasteiger partial charge in [-0.2, -0.15) is 0 Å². The number of benzene rings is 2. The largest absolute Gasteiger partial charge is 0.456 e. The van der Waals surface area contributed by atoms with Crippen LogP contribution in [0.5, 0.6) is 0 Å². The highest BCUT2D eigenvalue weighted by atomic mass is 32.2. The predicted molar refractivity (Wildman–Crippen MR) is 95.9 cm³/mol. The second-order valence-electron chi connectivity index (χ2n) is 5.30. The quantitative estimate of drug-likeness (QED) is 0.550. The zero-order chi connectivity index (χ0) is 17.9. The third-order valence-corrected chi connectivity index (χ3v) is 4.35. The predicted octanol–water partition coefficient (Wildman–Crippen LogP) is 3.21. The minimum Gasteiger partial charge on any atom is -0.456 e. The molecule has 0 aliphatic heterocycles. The van der Waals surface area contributed by atoms with E-state index in [1.807, 2.05) is 30.3 Å². The Hall–Kier alpha value is -2.34. The number of hydrogen-bond donors (Lipinski definition) is 1. The van der Waals surface area contributed by atoms with Gasteiger partial charge >= 0.3 is 5.97 Å². The van der Waals surface area contributed by atoms with Crippen LogP contribution in [0.1, 0.15) is 12.0 Å². The maximum Gasteiger partial charge on any atom is 0.307 e. The summed E-state index contributed by atoms with van der Waals surface area (Å²) in [5.74, 6) is -0.509. The van der Waals surface area contributed by atoms with Gasteiger partial charge in [0.1, 0.15) is 5.82 Å². The average molecular weight is 361 g/mol. The van der Waals surface area contributed by atoms with E-state index in [4.69, 9.17) is 4.74 Å². The summed E-state index contributed by atoms with van der Waals surface area (Å²) in [6.07, 6.45) is 0.925. The number of ether oxygens (including phenoxy) is 1. The topological polar surface area (TPSA) is 55.4 Å². The van der Waals surface area contributed by atoms with E-state index in [2.05, 4.69) is 5.32 Å². The number of rotatable bonds is 9.